The lowest BCUT2D eigenvalue weighted by molar-refractivity contribution is -0.140. The minimum absolute atomic E-state index is 0.215. The van der Waals surface area contributed by atoms with Crippen molar-refractivity contribution < 1.29 is 24.2 Å². The van der Waals surface area contributed by atoms with E-state index in [1.165, 1.54) is 0 Å². The molecule has 19 heavy (non-hydrogen) atoms. The van der Waals surface area contributed by atoms with Crippen molar-refractivity contribution in [2.24, 2.45) is 0 Å². The quantitative estimate of drug-likeness (QED) is 0.542. The fraction of sp³-hybridized carbons (Fsp3) is 0.692. The van der Waals surface area contributed by atoms with Crippen LogP contribution in [-0.4, -0.2) is 61.4 Å². The predicted molar refractivity (Wildman–Crippen MR) is 68.8 cm³/mol. The van der Waals surface area contributed by atoms with Crippen molar-refractivity contribution in [3.8, 4) is 0 Å². The van der Waals surface area contributed by atoms with Crippen LogP contribution in [0.15, 0.2) is 11.6 Å². The van der Waals surface area contributed by atoms with Crippen LogP contribution in [0.5, 0.6) is 0 Å². The van der Waals surface area contributed by atoms with Crippen LogP contribution in [0.2, 0.25) is 0 Å². The minimum Gasteiger partial charge on any atom is -0.478 e. The summed E-state index contributed by atoms with van der Waals surface area (Å²) in [5, 5.41) is 8.78. The van der Waals surface area contributed by atoms with Crippen molar-refractivity contribution >= 4 is 11.9 Å². The number of carboxylic acids is 1. The van der Waals surface area contributed by atoms with Crippen molar-refractivity contribution in [3.63, 3.8) is 0 Å². The number of aliphatic carboxylic acids is 1. The Bertz CT molecular complexity index is 334. The third kappa shape index (κ3) is 6.35. The van der Waals surface area contributed by atoms with E-state index in [-0.39, 0.29) is 5.57 Å². The van der Waals surface area contributed by atoms with Crippen LogP contribution >= 0.6 is 0 Å². The molecule has 1 saturated heterocycles. The van der Waals surface area contributed by atoms with Gasteiger partial charge in [0.1, 0.15) is 0 Å². The number of carboxylic acid groups (broad SMARTS) is 1. The fourth-order valence-corrected chi connectivity index (χ4v) is 1.77. The van der Waals surface area contributed by atoms with Gasteiger partial charge in [-0.3, -0.25) is 4.90 Å². The van der Waals surface area contributed by atoms with Crippen LogP contribution < -0.4 is 0 Å². The van der Waals surface area contributed by atoms with Gasteiger partial charge in [-0.05, 0) is 12.8 Å². The molecule has 1 N–H and O–H groups in total. The summed E-state index contributed by atoms with van der Waals surface area (Å²) in [5.74, 6) is -1.65. The number of rotatable bonds is 7. The normalized spacial score (nSPS) is 17.2. The summed E-state index contributed by atoms with van der Waals surface area (Å²) < 4.78 is 10.2. The second kappa shape index (κ2) is 8.66. The zero-order valence-corrected chi connectivity index (χ0v) is 11.3. The molecule has 0 amide bonds. The molecule has 0 aliphatic carbocycles. The number of carbonyl (C=O) groups excluding carboxylic acids is 1. The SMILES string of the molecule is CCCOC(=O)/C(=C/C(=O)O)CCN1CCOCC1. The van der Waals surface area contributed by atoms with E-state index < -0.39 is 11.9 Å². The van der Waals surface area contributed by atoms with Crippen molar-refractivity contribution in [1.29, 1.82) is 0 Å². The average molecular weight is 271 g/mol. The van der Waals surface area contributed by atoms with Gasteiger partial charge in [0, 0.05) is 31.3 Å². The maximum atomic E-state index is 11.7. The summed E-state index contributed by atoms with van der Waals surface area (Å²) in [4.78, 5) is 24.6. The number of nitrogens with zero attached hydrogens (tertiary/aromatic N) is 1. The molecule has 0 spiro atoms. The summed E-state index contributed by atoms with van der Waals surface area (Å²) in [6.45, 7) is 5.82. The third-order valence-corrected chi connectivity index (χ3v) is 2.80. The highest BCUT2D eigenvalue weighted by molar-refractivity contribution is 5.95. The molecule has 0 aromatic heterocycles. The van der Waals surface area contributed by atoms with Gasteiger partial charge in [-0.1, -0.05) is 6.92 Å². The predicted octanol–water partition coefficient (Wildman–Crippen LogP) is 0.673. The average Bonchev–Trinajstić information content (AvgIpc) is 2.41. The van der Waals surface area contributed by atoms with E-state index in [2.05, 4.69) is 4.90 Å². The van der Waals surface area contributed by atoms with E-state index >= 15 is 0 Å². The molecule has 6 heteroatoms. The molecule has 108 valence electrons. The fourth-order valence-electron chi connectivity index (χ4n) is 1.77. The van der Waals surface area contributed by atoms with Crippen LogP contribution in [0.1, 0.15) is 19.8 Å². The van der Waals surface area contributed by atoms with Crippen LogP contribution in [0, 0.1) is 0 Å². The van der Waals surface area contributed by atoms with Crippen molar-refractivity contribution in [1.82, 2.24) is 4.90 Å². The Kier molecular flexibility index (Phi) is 7.14. The zero-order chi connectivity index (χ0) is 14.1. The summed E-state index contributed by atoms with van der Waals surface area (Å²) in [6, 6.07) is 0. The van der Waals surface area contributed by atoms with Crippen LogP contribution in [0.4, 0.5) is 0 Å². The Morgan fingerprint density at radius 3 is 2.63 bits per heavy atom. The van der Waals surface area contributed by atoms with E-state index in [9.17, 15) is 9.59 Å². The maximum absolute atomic E-state index is 11.7. The first-order valence-corrected chi connectivity index (χ1v) is 6.54. The number of carbonyl (C=O) groups is 2. The van der Waals surface area contributed by atoms with E-state index in [1.54, 1.807) is 0 Å². The second-order valence-corrected chi connectivity index (χ2v) is 4.35. The first-order chi connectivity index (χ1) is 9.13. The van der Waals surface area contributed by atoms with Gasteiger partial charge >= 0.3 is 11.9 Å². The van der Waals surface area contributed by atoms with Gasteiger partial charge in [0.2, 0.25) is 0 Å². The molecule has 0 saturated carbocycles. The molecule has 0 aromatic carbocycles. The molecule has 0 bridgehead atoms. The topological polar surface area (TPSA) is 76.1 Å². The molecule has 0 radical (unpaired) electrons. The largest absolute Gasteiger partial charge is 0.478 e. The summed E-state index contributed by atoms with van der Waals surface area (Å²) in [5.41, 5.74) is 0.215. The number of esters is 1. The zero-order valence-electron chi connectivity index (χ0n) is 11.3. The molecule has 1 aliphatic heterocycles. The first-order valence-electron chi connectivity index (χ1n) is 6.54. The van der Waals surface area contributed by atoms with E-state index in [0.717, 1.165) is 25.6 Å². The van der Waals surface area contributed by atoms with Crippen LogP contribution in [-0.2, 0) is 19.1 Å². The molecule has 1 heterocycles. The Balaban J connectivity index is 2.49. The highest BCUT2D eigenvalue weighted by atomic mass is 16.5. The van der Waals surface area contributed by atoms with E-state index in [0.29, 0.717) is 32.8 Å². The Morgan fingerprint density at radius 2 is 2.05 bits per heavy atom. The third-order valence-electron chi connectivity index (χ3n) is 2.80. The minimum atomic E-state index is -1.12. The van der Waals surface area contributed by atoms with Crippen LogP contribution in [0.3, 0.4) is 0 Å². The molecular weight excluding hydrogens is 250 g/mol. The second-order valence-electron chi connectivity index (χ2n) is 4.35. The first kappa shape index (κ1) is 15.7. The standard InChI is InChI=1S/C13H21NO5/c1-2-7-19-13(17)11(10-12(15)16)3-4-14-5-8-18-9-6-14/h10H,2-9H2,1H3,(H,15,16)/b11-10+. The molecule has 0 atom stereocenters. The van der Waals surface area contributed by atoms with Gasteiger partial charge in [0.05, 0.1) is 19.8 Å². The lowest BCUT2D eigenvalue weighted by Crippen LogP contribution is -2.37. The number of hydrogen-bond acceptors (Lipinski definition) is 5. The van der Waals surface area contributed by atoms with Crippen molar-refractivity contribution in [3.05, 3.63) is 11.6 Å². The number of morpholine rings is 1. The smallest absolute Gasteiger partial charge is 0.334 e. The summed E-state index contributed by atoms with van der Waals surface area (Å²) in [7, 11) is 0. The molecule has 0 unspecified atom stereocenters. The molecule has 1 fully saturated rings. The van der Waals surface area contributed by atoms with Gasteiger partial charge < -0.3 is 14.6 Å². The van der Waals surface area contributed by atoms with Gasteiger partial charge in [0.25, 0.3) is 0 Å². The van der Waals surface area contributed by atoms with Crippen molar-refractivity contribution in [2.75, 3.05) is 39.5 Å². The van der Waals surface area contributed by atoms with Crippen LogP contribution in [0.25, 0.3) is 0 Å². The monoisotopic (exact) mass is 271 g/mol. The molecular formula is C13H21NO5. The lowest BCUT2D eigenvalue weighted by atomic mass is 10.1. The van der Waals surface area contributed by atoms with E-state index in [1.807, 2.05) is 6.92 Å². The molecule has 1 rings (SSSR count). The Morgan fingerprint density at radius 1 is 1.37 bits per heavy atom. The Labute approximate surface area is 113 Å². The van der Waals surface area contributed by atoms with Gasteiger partial charge in [0.15, 0.2) is 0 Å². The number of ether oxygens (including phenoxy) is 2. The van der Waals surface area contributed by atoms with Gasteiger partial charge in [-0.25, -0.2) is 9.59 Å². The number of hydrogen-bond donors (Lipinski definition) is 1. The molecule has 1 aliphatic rings. The van der Waals surface area contributed by atoms with Gasteiger partial charge in [-0.15, -0.1) is 0 Å². The highest BCUT2D eigenvalue weighted by Gasteiger charge is 2.16. The van der Waals surface area contributed by atoms with E-state index in [4.69, 9.17) is 14.6 Å². The molecule has 6 nitrogen and oxygen atoms in total. The summed E-state index contributed by atoms with van der Waals surface area (Å²) >= 11 is 0. The maximum Gasteiger partial charge on any atom is 0.334 e. The van der Waals surface area contributed by atoms with Crippen molar-refractivity contribution in [2.45, 2.75) is 19.8 Å². The summed E-state index contributed by atoms with van der Waals surface area (Å²) in [6.07, 6.45) is 2.04. The highest BCUT2D eigenvalue weighted by Crippen LogP contribution is 2.08. The van der Waals surface area contributed by atoms with Gasteiger partial charge in [-0.2, -0.15) is 0 Å². The Hall–Kier alpha value is -1.40. The lowest BCUT2D eigenvalue weighted by Gasteiger charge is -2.26. The molecule has 0 aromatic rings.